The second kappa shape index (κ2) is 10.0. The van der Waals surface area contributed by atoms with Gasteiger partial charge in [-0.1, -0.05) is 85.1 Å². The maximum absolute atomic E-state index is 11.4. The fourth-order valence-electron chi connectivity index (χ4n) is 1.28. The molecule has 1 aliphatic carbocycles. The lowest BCUT2D eigenvalue weighted by molar-refractivity contribution is -0.117. The van der Waals surface area contributed by atoms with E-state index in [1.807, 2.05) is 85.1 Å². The number of hydrogen-bond acceptors (Lipinski definition) is 1. The van der Waals surface area contributed by atoms with Gasteiger partial charge in [0.15, 0.2) is 0 Å². The van der Waals surface area contributed by atoms with Crippen LogP contribution in [0.4, 0.5) is 0 Å². The molecule has 0 amide bonds. The first-order chi connectivity index (χ1) is 8.89. The summed E-state index contributed by atoms with van der Waals surface area (Å²) < 4.78 is 0. The molecule has 0 aromatic carbocycles. The first kappa shape index (κ1) is 13.9. The van der Waals surface area contributed by atoms with Crippen molar-refractivity contribution in [2.75, 3.05) is 0 Å². The van der Waals surface area contributed by atoms with E-state index in [-0.39, 0.29) is 5.78 Å². The van der Waals surface area contributed by atoms with Crippen molar-refractivity contribution in [3.63, 3.8) is 0 Å². The zero-order valence-corrected chi connectivity index (χ0v) is 10.4. The monoisotopic (exact) mass is 238 g/mol. The van der Waals surface area contributed by atoms with Gasteiger partial charge < -0.3 is 0 Å². The Morgan fingerprint density at radius 1 is 0.500 bits per heavy atom. The Labute approximate surface area is 109 Å². The SMILES string of the molecule is O=C1CC=CC=CC=CC=CC=CC=CC=CC1. The maximum atomic E-state index is 11.4. The fraction of sp³-hybridized carbons (Fsp3) is 0.118. The predicted octanol–water partition coefficient (Wildman–Crippen LogP) is 4.24. The highest BCUT2D eigenvalue weighted by atomic mass is 16.1. The van der Waals surface area contributed by atoms with E-state index >= 15 is 0 Å². The molecule has 0 fully saturated rings. The predicted molar refractivity (Wildman–Crippen MR) is 78.2 cm³/mol. The maximum Gasteiger partial charge on any atom is 0.140 e. The summed E-state index contributed by atoms with van der Waals surface area (Å²) in [5.74, 6) is 0.223. The van der Waals surface area contributed by atoms with Gasteiger partial charge in [0.25, 0.3) is 0 Å². The van der Waals surface area contributed by atoms with E-state index in [2.05, 4.69) is 0 Å². The zero-order valence-electron chi connectivity index (χ0n) is 10.4. The van der Waals surface area contributed by atoms with Gasteiger partial charge >= 0.3 is 0 Å². The van der Waals surface area contributed by atoms with Crippen LogP contribution in [0.2, 0.25) is 0 Å². The third-order valence-electron chi connectivity index (χ3n) is 2.19. The Kier molecular flexibility index (Phi) is 7.75. The van der Waals surface area contributed by atoms with Gasteiger partial charge in [0.2, 0.25) is 0 Å². The summed E-state index contributed by atoms with van der Waals surface area (Å²) >= 11 is 0. The van der Waals surface area contributed by atoms with Crippen molar-refractivity contribution >= 4 is 5.78 Å². The lowest BCUT2D eigenvalue weighted by atomic mass is 10.2. The quantitative estimate of drug-likeness (QED) is 0.617. The van der Waals surface area contributed by atoms with Crippen LogP contribution in [0.1, 0.15) is 12.8 Å². The molecule has 0 saturated heterocycles. The van der Waals surface area contributed by atoms with E-state index in [0.29, 0.717) is 12.8 Å². The molecule has 0 saturated carbocycles. The molecule has 0 N–H and O–H groups in total. The number of carbonyl (C=O) groups excluding carboxylic acids is 1. The van der Waals surface area contributed by atoms with E-state index in [4.69, 9.17) is 0 Å². The summed E-state index contributed by atoms with van der Waals surface area (Å²) in [6.07, 6.45) is 28.0. The molecule has 0 heterocycles. The Morgan fingerprint density at radius 2 is 0.778 bits per heavy atom. The van der Waals surface area contributed by atoms with Gasteiger partial charge in [-0.05, 0) is 0 Å². The molecule has 1 aliphatic rings. The van der Waals surface area contributed by atoms with Crippen molar-refractivity contribution in [1.82, 2.24) is 0 Å². The molecule has 0 radical (unpaired) electrons. The molecule has 18 heavy (non-hydrogen) atoms. The molecule has 0 unspecified atom stereocenters. The molecule has 0 atom stereocenters. The van der Waals surface area contributed by atoms with Crippen LogP contribution in [0.15, 0.2) is 85.1 Å². The highest BCUT2D eigenvalue weighted by Crippen LogP contribution is 1.95. The summed E-state index contributed by atoms with van der Waals surface area (Å²) in [5.41, 5.74) is 0. The molecule has 0 bridgehead atoms. The van der Waals surface area contributed by atoms with Crippen LogP contribution < -0.4 is 0 Å². The van der Waals surface area contributed by atoms with Gasteiger partial charge in [0.05, 0.1) is 0 Å². The largest absolute Gasteiger partial charge is 0.299 e. The van der Waals surface area contributed by atoms with Crippen molar-refractivity contribution < 1.29 is 4.79 Å². The third-order valence-corrected chi connectivity index (χ3v) is 2.19. The van der Waals surface area contributed by atoms with Crippen LogP contribution in [0.25, 0.3) is 0 Å². The average molecular weight is 238 g/mol. The van der Waals surface area contributed by atoms with Crippen LogP contribution in [0.5, 0.6) is 0 Å². The van der Waals surface area contributed by atoms with Gasteiger partial charge in [0.1, 0.15) is 5.78 Å². The van der Waals surface area contributed by atoms with E-state index in [9.17, 15) is 4.79 Å². The van der Waals surface area contributed by atoms with E-state index in [1.165, 1.54) is 0 Å². The Balaban J connectivity index is 2.65. The lowest BCUT2D eigenvalue weighted by Gasteiger charge is -1.88. The van der Waals surface area contributed by atoms with Crippen LogP contribution in [-0.4, -0.2) is 5.78 Å². The highest BCUT2D eigenvalue weighted by Gasteiger charge is 1.93. The topological polar surface area (TPSA) is 17.1 Å². The van der Waals surface area contributed by atoms with E-state index in [1.54, 1.807) is 0 Å². The minimum atomic E-state index is 0.223. The fourth-order valence-corrected chi connectivity index (χ4v) is 1.28. The molecule has 0 aromatic heterocycles. The summed E-state index contributed by atoms with van der Waals surface area (Å²) in [4.78, 5) is 11.4. The number of hydrogen-bond donors (Lipinski definition) is 0. The zero-order chi connectivity index (χ0) is 12.9. The smallest absolute Gasteiger partial charge is 0.140 e. The van der Waals surface area contributed by atoms with Crippen molar-refractivity contribution in [3.05, 3.63) is 85.1 Å². The first-order valence-electron chi connectivity index (χ1n) is 6.06. The number of carbonyl (C=O) groups is 1. The number of ketones is 1. The van der Waals surface area contributed by atoms with Gasteiger partial charge in [0, 0.05) is 12.8 Å². The number of Topliss-reactive ketones (excluding diaryl/α,β-unsaturated/α-hetero) is 1. The van der Waals surface area contributed by atoms with Crippen LogP contribution >= 0.6 is 0 Å². The molecular formula is C17H18O. The highest BCUT2D eigenvalue weighted by molar-refractivity contribution is 5.81. The molecule has 0 spiro atoms. The van der Waals surface area contributed by atoms with Crippen LogP contribution in [0, 0.1) is 0 Å². The van der Waals surface area contributed by atoms with Crippen molar-refractivity contribution in [2.45, 2.75) is 12.8 Å². The van der Waals surface area contributed by atoms with E-state index < -0.39 is 0 Å². The molecule has 92 valence electrons. The standard InChI is InChI=1S/C17H18O/c18-17-15-13-11-9-7-5-3-1-2-4-6-8-10-12-14-16-17/h1-14H,15-16H2. The van der Waals surface area contributed by atoms with Crippen molar-refractivity contribution in [2.24, 2.45) is 0 Å². The summed E-state index contributed by atoms with van der Waals surface area (Å²) in [6, 6.07) is 0. The third kappa shape index (κ3) is 8.05. The van der Waals surface area contributed by atoms with Gasteiger partial charge in [-0.25, -0.2) is 0 Å². The lowest BCUT2D eigenvalue weighted by Crippen LogP contribution is -1.91. The Morgan fingerprint density at radius 3 is 1.11 bits per heavy atom. The molecule has 1 rings (SSSR count). The summed E-state index contributed by atoms with van der Waals surface area (Å²) in [7, 11) is 0. The molecule has 1 nitrogen and oxygen atoms in total. The Bertz CT molecular complexity index is 400. The van der Waals surface area contributed by atoms with Crippen molar-refractivity contribution in [3.8, 4) is 0 Å². The van der Waals surface area contributed by atoms with E-state index in [0.717, 1.165) is 0 Å². The molecule has 0 aromatic rings. The second-order valence-corrected chi connectivity index (χ2v) is 3.73. The minimum absolute atomic E-state index is 0.223. The average Bonchev–Trinajstić information content (AvgIpc) is 2.37. The van der Waals surface area contributed by atoms with Gasteiger partial charge in [-0.15, -0.1) is 0 Å². The van der Waals surface area contributed by atoms with Gasteiger partial charge in [-0.3, -0.25) is 4.79 Å². The minimum Gasteiger partial charge on any atom is -0.299 e. The van der Waals surface area contributed by atoms with Crippen LogP contribution in [0.3, 0.4) is 0 Å². The number of rotatable bonds is 0. The summed E-state index contributed by atoms with van der Waals surface area (Å²) in [6.45, 7) is 0. The van der Waals surface area contributed by atoms with Crippen molar-refractivity contribution in [1.29, 1.82) is 0 Å². The normalized spacial score (nSPS) is 17.2. The van der Waals surface area contributed by atoms with Crippen LogP contribution in [-0.2, 0) is 4.79 Å². The molecular weight excluding hydrogens is 220 g/mol. The first-order valence-corrected chi connectivity index (χ1v) is 6.06. The summed E-state index contributed by atoms with van der Waals surface area (Å²) in [5, 5.41) is 0. The Hall–Kier alpha value is -2.15. The second-order valence-electron chi connectivity index (χ2n) is 3.73. The van der Waals surface area contributed by atoms with Gasteiger partial charge in [-0.2, -0.15) is 0 Å². The molecule has 1 heteroatoms. The molecule has 0 aliphatic heterocycles. The number of allylic oxidation sites excluding steroid dienone is 14.